The number of para-hydroxylation sites is 1. The van der Waals surface area contributed by atoms with E-state index in [1.54, 1.807) is 24.4 Å². The lowest BCUT2D eigenvalue weighted by Crippen LogP contribution is -2.17. The normalized spacial score (nSPS) is 14.7. The van der Waals surface area contributed by atoms with Gasteiger partial charge in [0.15, 0.2) is 0 Å². The van der Waals surface area contributed by atoms with Crippen molar-refractivity contribution in [2.45, 2.75) is 37.9 Å². The van der Waals surface area contributed by atoms with E-state index in [2.05, 4.69) is 25.6 Å². The predicted molar refractivity (Wildman–Crippen MR) is 111 cm³/mol. The number of alkyl halides is 3. The van der Waals surface area contributed by atoms with E-state index < -0.39 is 11.7 Å². The van der Waals surface area contributed by atoms with Gasteiger partial charge in [0.1, 0.15) is 5.82 Å². The number of aromatic nitrogens is 3. The molecule has 3 aromatic rings. The van der Waals surface area contributed by atoms with Crippen LogP contribution >= 0.6 is 11.6 Å². The molecule has 0 radical (unpaired) electrons. The Labute approximate surface area is 176 Å². The van der Waals surface area contributed by atoms with Gasteiger partial charge in [-0.2, -0.15) is 18.2 Å². The lowest BCUT2D eigenvalue weighted by molar-refractivity contribution is -0.136. The summed E-state index contributed by atoms with van der Waals surface area (Å²) in [5, 5.41) is 6.00. The van der Waals surface area contributed by atoms with Crippen molar-refractivity contribution in [3.05, 3.63) is 59.2 Å². The SMILES string of the molecule is FC(F)(F)c1cccc(Cl)c1Nc1cc(-c2ccccn2)nc(NC2CCCC2)n1. The molecule has 2 N–H and O–H groups in total. The van der Waals surface area contributed by atoms with Gasteiger partial charge in [0.2, 0.25) is 5.95 Å². The van der Waals surface area contributed by atoms with E-state index in [1.165, 1.54) is 12.1 Å². The molecule has 0 bridgehead atoms. The fraction of sp³-hybridized carbons (Fsp3) is 0.286. The molecule has 1 fully saturated rings. The fourth-order valence-electron chi connectivity index (χ4n) is 3.49. The molecule has 0 spiro atoms. The van der Waals surface area contributed by atoms with Gasteiger partial charge >= 0.3 is 6.18 Å². The number of nitrogens with one attached hydrogen (secondary N) is 2. The summed E-state index contributed by atoms with van der Waals surface area (Å²) in [6.07, 6.45) is 1.32. The third-order valence-electron chi connectivity index (χ3n) is 4.91. The Morgan fingerprint density at radius 1 is 0.967 bits per heavy atom. The molecule has 4 rings (SSSR count). The van der Waals surface area contributed by atoms with Crippen LogP contribution < -0.4 is 10.6 Å². The third kappa shape index (κ3) is 4.64. The topological polar surface area (TPSA) is 62.7 Å². The molecule has 2 aromatic heterocycles. The minimum Gasteiger partial charge on any atom is -0.351 e. The highest BCUT2D eigenvalue weighted by atomic mass is 35.5. The summed E-state index contributed by atoms with van der Waals surface area (Å²) in [6.45, 7) is 0. The number of nitrogens with zero attached hydrogens (tertiary/aromatic N) is 3. The molecule has 1 saturated carbocycles. The monoisotopic (exact) mass is 433 g/mol. The van der Waals surface area contributed by atoms with Crippen LogP contribution in [0.25, 0.3) is 11.4 Å². The standard InChI is InChI=1S/C21H19ClF3N5/c22-15-9-5-8-14(21(23,24)25)19(15)29-18-12-17(16-10-3-4-11-26-16)28-20(30-18)27-13-6-1-2-7-13/h3-5,8-13H,1-2,6-7H2,(H2,27,28,29,30). The van der Waals surface area contributed by atoms with Crippen molar-refractivity contribution in [3.63, 3.8) is 0 Å². The first-order chi connectivity index (χ1) is 14.4. The van der Waals surface area contributed by atoms with Crippen LogP contribution in [0.4, 0.5) is 30.6 Å². The maximum absolute atomic E-state index is 13.5. The maximum Gasteiger partial charge on any atom is 0.418 e. The average molecular weight is 434 g/mol. The van der Waals surface area contributed by atoms with Crippen molar-refractivity contribution in [2.75, 3.05) is 10.6 Å². The van der Waals surface area contributed by atoms with Gasteiger partial charge < -0.3 is 10.6 Å². The van der Waals surface area contributed by atoms with Gasteiger partial charge in [-0.3, -0.25) is 4.98 Å². The molecule has 1 aliphatic rings. The highest BCUT2D eigenvalue weighted by Crippen LogP contribution is 2.40. The lowest BCUT2D eigenvalue weighted by atomic mass is 10.1. The molecule has 5 nitrogen and oxygen atoms in total. The van der Waals surface area contributed by atoms with Crippen molar-refractivity contribution in [1.29, 1.82) is 0 Å². The van der Waals surface area contributed by atoms with Crippen LogP contribution in [0.15, 0.2) is 48.7 Å². The minimum atomic E-state index is -4.56. The summed E-state index contributed by atoms with van der Waals surface area (Å²) in [5.41, 5.74) is -0.0238. The summed E-state index contributed by atoms with van der Waals surface area (Å²) in [6, 6.07) is 10.8. The van der Waals surface area contributed by atoms with Crippen LogP contribution in [0.5, 0.6) is 0 Å². The number of hydrogen-bond acceptors (Lipinski definition) is 5. The third-order valence-corrected chi connectivity index (χ3v) is 5.23. The molecule has 0 aliphatic heterocycles. The van der Waals surface area contributed by atoms with E-state index in [0.717, 1.165) is 31.7 Å². The molecular formula is C21H19ClF3N5. The van der Waals surface area contributed by atoms with Gasteiger partial charge in [-0.25, -0.2) is 4.98 Å². The Bertz CT molecular complexity index is 1020. The Balaban J connectivity index is 1.74. The van der Waals surface area contributed by atoms with Gasteiger partial charge in [0.05, 0.1) is 27.7 Å². The zero-order valence-corrected chi connectivity index (χ0v) is 16.6. The molecule has 0 atom stereocenters. The van der Waals surface area contributed by atoms with Gasteiger partial charge in [-0.1, -0.05) is 36.6 Å². The second-order valence-electron chi connectivity index (χ2n) is 7.09. The molecular weight excluding hydrogens is 415 g/mol. The molecule has 156 valence electrons. The zero-order valence-electron chi connectivity index (χ0n) is 15.9. The summed E-state index contributed by atoms with van der Waals surface area (Å²) < 4.78 is 40.4. The van der Waals surface area contributed by atoms with E-state index in [0.29, 0.717) is 17.3 Å². The highest BCUT2D eigenvalue weighted by Gasteiger charge is 2.34. The fourth-order valence-corrected chi connectivity index (χ4v) is 3.71. The average Bonchev–Trinajstić information content (AvgIpc) is 3.22. The van der Waals surface area contributed by atoms with Crippen LogP contribution in [-0.2, 0) is 6.18 Å². The van der Waals surface area contributed by atoms with Crippen LogP contribution in [0.1, 0.15) is 31.2 Å². The molecule has 2 heterocycles. The van der Waals surface area contributed by atoms with Crippen molar-refractivity contribution in [3.8, 4) is 11.4 Å². The molecule has 1 aliphatic carbocycles. The Morgan fingerprint density at radius 3 is 2.47 bits per heavy atom. The van der Waals surface area contributed by atoms with Crippen molar-refractivity contribution in [2.24, 2.45) is 0 Å². The van der Waals surface area contributed by atoms with Crippen LogP contribution in [-0.4, -0.2) is 21.0 Å². The molecule has 30 heavy (non-hydrogen) atoms. The number of rotatable bonds is 5. The smallest absolute Gasteiger partial charge is 0.351 e. The van der Waals surface area contributed by atoms with Crippen LogP contribution in [0.2, 0.25) is 5.02 Å². The van der Waals surface area contributed by atoms with Crippen molar-refractivity contribution >= 4 is 29.1 Å². The lowest BCUT2D eigenvalue weighted by Gasteiger charge is -2.17. The summed E-state index contributed by atoms with van der Waals surface area (Å²) in [7, 11) is 0. The van der Waals surface area contributed by atoms with Gasteiger partial charge in [0, 0.05) is 18.3 Å². The maximum atomic E-state index is 13.5. The highest BCUT2D eigenvalue weighted by molar-refractivity contribution is 6.33. The van der Waals surface area contributed by atoms with Gasteiger partial charge in [-0.05, 0) is 37.1 Å². The first kappa shape index (κ1) is 20.4. The number of anilines is 3. The molecule has 9 heteroatoms. The second-order valence-corrected chi connectivity index (χ2v) is 7.50. The summed E-state index contributed by atoms with van der Waals surface area (Å²) in [5.74, 6) is 0.540. The van der Waals surface area contributed by atoms with Gasteiger partial charge in [0.25, 0.3) is 0 Å². The first-order valence-electron chi connectivity index (χ1n) is 9.60. The minimum absolute atomic E-state index is 0.0480. The number of halogens is 4. The quantitative estimate of drug-likeness (QED) is 0.493. The van der Waals surface area contributed by atoms with E-state index in [-0.39, 0.29) is 22.6 Å². The molecule has 1 aromatic carbocycles. The first-order valence-corrected chi connectivity index (χ1v) is 9.98. The van der Waals surface area contributed by atoms with Crippen LogP contribution in [0.3, 0.4) is 0 Å². The predicted octanol–water partition coefficient (Wildman–Crippen LogP) is 6.31. The van der Waals surface area contributed by atoms with Crippen molar-refractivity contribution in [1.82, 2.24) is 15.0 Å². The molecule has 0 saturated heterocycles. The summed E-state index contributed by atoms with van der Waals surface area (Å²) >= 11 is 6.09. The number of hydrogen-bond donors (Lipinski definition) is 2. The van der Waals surface area contributed by atoms with Gasteiger partial charge in [-0.15, -0.1) is 0 Å². The molecule has 0 unspecified atom stereocenters. The van der Waals surface area contributed by atoms with E-state index in [9.17, 15) is 13.2 Å². The van der Waals surface area contributed by atoms with Crippen molar-refractivity contribution < 1.29 is 13.2 Å². The number of benzene rings is 1. The van der Waals surface area contributed by atoms with E-state index in [1.807, 2.05) is 6.07 Å². The second kappa shape index (κ2) is 8.47. The largest absolute Gasteiger partial charge is 0.418 e. The Kier molecular flexibility index (Phi) is 5.76. The van der Waals surface area contributed by atoms with E-state index >= 15 is 0 Å². The number of pyridine rings is 1. The zero-order chi connectivity index (χ0) is 21.1. The molecule has 0 amide bonds. The Hall–Kier alpha value is -2.87. The van der Waals surface area contributed by atoms with E-state index in [4.69, 9.17) is 11.6 Å². The Morgan fingerprint density at radius 2 is 1.77 bits per heavy atom. The van der Waals surface area contributed by atoms with Crippen LogP contribution in [0, 0.1) is 0 Å². The summed E-state index contributed by atoms with van der Waals surface area (Å²) in [4.78, 5) is 13.2.